The Bertz CT molecular complexity index is 1180. The van der Waals surface area contributed by atoms with E-state index < -0.39 is 29.6 Å². The van der Waals surface area contributed by atoms with Crippen LogP contribution in [-0.4, -0.2) is 38.4 Å². The highest BCUT2D eigenvalue weighted by Crippen LogP contribution is 2.31. The van der Waals surface area contributed by atoms with E-state index in [2.05, 4.69) is 20.4 Å². The molecule has 8 nitrogen and oxygen atoms in total. The fraction of sp³-hybridized carbons (Fsp3) is 0.364. The van der Waals surface area contributed by atoms with E-state index in [9.17, 15) is 22.4 Å². The molecule has 2 atom stereocenters. The third-order valence-electron chi connectivity index (χ3n) is 5.26. The average molecular weight is 547 g/mol. The molecule has 1 aromatic carbocycles. The van der Waals surface area contributed by atoms with Crippen LogP contribution in [0.4, 0.5) is 23.4 Å². The highest BCUT2D eigenvalue weighted by Gasteiger charge is 2.37. The van der Waals surface area contributed by atoms with E-state index in [4.69, 9.17) is 20.9 Å². The quantitative estimate of drug-likeness (QED) is 0.104. The Morgan fingerprint density at radius 2 is 2.11 bits per heavy atom. The summed E-state index contributed by atoms with van der Waals surface area (Å²) >= 11 is 6.61. The van der Waals surface area contributed by atoms with Crippen LogP contribution >= 0.6 is 23.8 Å². The molecule has 0 aliphatic rings. The highest BCUT2D eigenvalue weighted by molar-refractivity contribution is 7.92. The molecule has 36 heavy (non-hydrogen) atoms. The van der Waals surface area contributed by atoms with E-state index >= 15 is 0 Å². The van der Waals surface area contributed by atoms with Crippen molar-refractivity contribution < 1.29 is 26.5 Å². The summed E-state index contributed by atoms with van der Waals surface area (Å²) in [6.45, 7) is 1.81. The number of halogens is 5. The van der Waals surface area contributed by atoms with Crippen LogP contribution in [-0.2, 0) is 16.9 Å². The van der Waals surface area contributed by atoms with Crippen LogP contribution in [0, 0.1) is 5.92 Å². The van der Waals surface area contributed by atoms with Crippen LogP contribution < -0.4 is 10.5 Å². The SMILES string of the molecule is CCC(COSN)CC(F)Nc1ncncc1C(=O)c1cc(C(F)(F)F)n(Cc2cccc(Cl)c2)n1. The van der Waals surface area contributed by atoms with Gasteiger partial charge in [-0.1, -0.05) is 37.1 Å². The predicted molar refractivity (Wildman–Crippen MR) is 128 cm³/mol. The fourth-order valence-electron chi connectivity index (χ4n) is 3.42. The van der Waals surface area contributed by atoms with Crippen LogP contribution in [0.15, 0.2) is 42.9 Å². The summed E-state index contributed by atoms with van der Waals surface area (Å²) in [4.78, 5) is 20.8. The summed E-state index contributed by atoms with van der Waals surface area (Å²) in [5, 5.41) is 12.0. The van der Waals surface area contributed by atoms with Crippen LogP contribution in [0.3, 0.4) is 0 Å². The zero-order valence-corrected chi connectivity index (χ0v) is 20.6. The number of alkyl halides is 4. The molecule has 0 amide bonds. The normalized spacial score (nSPS) is 13.4. The fourth-order valence-corrected chi connectivity index (χ4v) is 3.91. The van der Waals surface area contributed by atoms with Gasteiger partial charge in [0.25, 0.3) is 0 Å². The molecule has 2 heterocycles. The van der Waals surface area contributed by atoms with Gasteiger partial charge in [-0.05, 0) is 23.6 Å². The molecule has 3 rings (SSSR count). The van der Waals surface area contributed by atoms with Gasteiger partial charge in [0.2, 0.25) is 5.78 Å². The zero-order chi connectivity index (χ0) is 26.3. The minimum Gasteiger partial charge on any atom is -0.340 e. The Balaban J connectivity index is 1.86. The minimum atomic E-state index is -4.78. The van der Waals surface area contributed by atoms with E-state index in [1.54, 1.807) is 18.2 Å². The predicted octanol–water partition coefficient (Wildman–Crippen LogP) is 5.29. The number of rotatable bonds is 12. The monoisotopic (exact) mass is 546 g/mol. The highest BCUT2D eigenvalue weighted by atomic mass is 35.5. The second kappa shape index (κ2) is 12.5. The molecule has 0 spiro atoms. The van der Waals surface area contributed by atoms with Crippen molar-refractivity contribution in [1.82, 2.24) is 19.7 Å². The zero-order valence-electron chi connectivity index (χ0n) is 19.0. The summed E-state index contributed by atoms with van der Waals surface area (Å²) in [6.07, 6.45) is -3.56. The Labute approximate surface area is 213 Å². The van der Waals surface area contributed by atoms with Crippen LogP contribution in [0.5, 0.6) is 0 Å². The van der Waals surface area contributed by atoms with Gasteiger partial charge in [-0.15, -0.1) is 0 Å². The molecule has 0 fully saturated rings. The van der Waals surface area contributed by atoms with Gasteiger partial charge in [-0.3, -0.25) is 14.6 Å². The lowest BCUT2D eigenvalue weighted by Gasteiger charge is -2.18. The topological polar surface area (TPSA) is 108 Å². The third-order valence-corrected chi connectivity index (χ3v) is 5.77. The molecule has 0 aliphatic carbocycles. The molecular formula is C22H23ClF4N6O2S. The standard InChI is InChI=1S/C22H23ClF4N6O2S/c1-2-13(11-35-36-28)7-19(24)31-21-16(9-29-12-30-21)20(34)17-8-18(22(25,26)27)33(32-17)10-14-4-3-5-15(23)6-14/h3-6,8-9,12-13,19H,2,7,10-11,28H2,1H3,(H,29,30,31). The van der Waals surface area contributed by atoms with Crippen LogP contribution in [0.1, 0.15) is 47.1 Å². The van der Waals surface area contributed by atoms with Crippen molar-refractivity contribution in [2.45, 2.75) is 38.8 Å². The van der Waals surface area contributed by atoms with E-state index in [1.807, 2.05) is 6.92 Å². The van der Waals surface area contributed by atoms with Gasteiger partial charge in [0.15, 0.2) is 6.30 Å². The largest absolute Gasteiger partial charge is 0.433 e. The molecule has 3 aromatic rings. The second-order valence-electron chi connectivity index (χ2n) is 7.82. The number of benzene rings is 1. The van der Waals surface area contributed by atoms with Crippen molar-refractivity contribution in [3.63, 3.8) is 0 Å². The molecule has 2 unspecified atom stereocenters. The lowest BCUT2D eigenvalue weighted by Crippen LogP contribution is -2.22. The summed E-state index contributed by atoms with van der Waals surface area (Å²) < 4.78 is 61.6. The molecule has 0 saturated heterocycles. The van der Waals surface area contributed by atoms with Gasteiger partial charge in [-0.2, -0.15) is 18.3 Å². The van der Waals surface area contributed by atoms with Gasteiger partial charge >= 0.3 is 6.18 Å². The molecule has 194 valence electrons. The van der Waals surface area contributed by atoms with Crippen molar-refractivity contribution in [3.8, 4) is 0 Å². The van der Waals surface area contributed by atoms with E-state index in [0.717, 1.165) is 12.5 Å². The number of anilines is 1. The molecule has 14 heteroatoms. The number of hydrogen-bond donors (Lipinski definition) is 2. The van der Waals surface area contributed by atoms with Crippen molar-refractivity contribution in [1.29, 1.82) is 0 Å². The summed E-state index contributed by atoms with van der Waals surface area (Å²) in [5.41, 5.74) is -1.37. The number of carbonyl (C=O) groups is 1. The number of nitrogens with two attached hydrogens (primary N) is 1. The number of ketones is 1. The van der Waals surface area contributed by atoms with Gasteiger partial charge < -0.3 is 9.50 Å². The maximum atomic E-state index is 14.7. The Morgan fingerprint density at radius 3 is 2.78 bits per heavy atom. The number of nitrogens with one attached hydrogen (secondary N) is 1. The lowest BCUT2D eigenvalue weighted by molar-refractivity contribution is -0.144. The lowest BCUT2D eigenvalue weighted by atomic mass is 10.0. The van der Waals surface area contributed by atoms with E-state index in [0.29, 0.717) is 40.0 Å². The molecule has 0 saturated carbocycles. The first-order chi connectivity index (χ1) is 17.1. The molecule has 0 bridgehead atoms. The van der Waals surface area contributed by atoms with E-state index in [-0.39, 0.29) is 36.9 Å². The molecule has 3 N–H and O–H groups in total. The molecular weight excluding hydrogens is 524 g/mol. The van der Waals surface area contributed by atoms with Crippen molar-refractivity contribution in [2.75, 3.05) is 11.9 Å². The van der Waals surface area contributed by atoms with Gasteiger partial charge in [-0.25, -0.2) is 14.4 Å². The first-order valence-electron chi connectivity index (χ1n) is 10.8. The Morgan fingerprint density at radius 1 is 1.33 bits per heavy atom. The second-order valence-corrected chi connectivity index (χ2v) is 8.68. The van der Waals surface area contributed by atoms with Crippen LogP contribution in [0.2, 0.25) is 5.02 Å². The van der Waals surface area contributed by atoms with Crippen molar-refractivity contribution in [2.24, 2.45) is 11.1 Å². The number of aromatic nitrogens is 4. The Hall–Kier alpha value is -2.74. The number of carbonyl (C=O) groups excluding carboxylic acids is 1. The number of nitrogens with zero attached hydrogens (tertiary/aromatic N) is 4. The minimum absolute atomic E-state index is 0.0289. The molecule has 0 aliphatic heterocycles. The molecule has 0 radical (unpaired) electrons. The maximum absolute atomic E-state index is 14.7. The van der Waals surface area contributed by atoms with E-state index in [1.165, 1.54) is 6.07 Å². The van der Waals surface area contributed by atoms with Crippen molar-refractivity contribution >= 4 is 35.4 Å². The van der Waals surface area contributed by atoms with Crippen molar-refractivity contribution in [3.05, 3.63) is 70.4 Å². The first kappa shape index (κ1) is 27.8. The summed E-state index contributed by atoms with van der Waals surface area (Å²) in [6, 6.07) is 6.91. The van der Waals surface area contributed by atoms with Gasteiger partial charge in [0, 0.05) is 23.7 Å². The third kappa shape index (κ3) is 7.38. The summed E-state index contributed by atoms with van der Waals surface area (Å²) in [7, 11) is 0. The summed E-state index contributed by atoms with van der Waals surface area (Å²) in [5.74, 6) is -1.22. The number of hydrogen-bond acceptors (Lipinski definition) is 8. The maximum Gasteiger partial charge on any atom is 0.433 e. The first-order valence-corrected chi connectivity index (χ1v) is 11.9. The van der Waals surface area contributed by atoms with Crippen LogP contribution in [0.25, 0.3) is 0 Å². The van der Waals surface area contributed by atoms with Gasteiger partial charge in [0.05, 0.1) is 30.9 Å². The Kier molecular flexibility index (Phi) is 9.65. The molecule has 2 aromatic heterocycles. The average Bonchev–Trinajstić information content (AvgIpc) is 3.26. The van der Waals surface area contributed by atoms with Gasteiger partial charge in [0.1, 0.15) is 23.5 Å². The smallest absolute Gasteiger partial charge is 0.340 e.